The molecule has 0 heterocycles. The summed E-state index contributed by atoms with van der Waals surface area (Å²) in [4.78, 5) is 24.9. The van der Waals surface area contributed by atoms with Crippen molar-refractivity contribution in [3.8, 4) is 22.3 Å². The van der Waals surface area contributed by atoms with Gasteiger partial charge in [-0.15, -0.1) is 0 Å². The van der Waals surface area contributed by atoms with Crippen molar-refractivity contribution in [1.82, 2.24) is 0 Å². The lowest BCUT2D eigenvalue weighted by Crippen LogP contribution is -2.14. The van der Waals surface area contributed by atoms with E-state index in [-0.39, 0.29) is 11.1 Å². The van der Waals surface area contributed by atoms with Gasteiger partial charge in [0, 0.05) is 5.56 Å². The highest BCUT2D eigenvalue weighted by atomic mass is 16.5. The summed E-state index contributed by atoms with van der Waals surface area (Å²) in [6, 6.07) is 22.6. The molecule has 0 fully saturated rings. The van der Waals surface area contributed by atoms with Crippen molar-refractivity contribution < 1.29 is 19.1 Å². The molecular weight excluding hydrogens is 328 g/mol. The van der Waals surface area contributed by atoms with Crippen LogP contribution in [0, 0.1) is 0 Å². The number of carbonyl (C=O) groups excluding carboxylic acids is 2. The van der Waals surface area contributed by atoms with Crippen molar-refractivity contribution in [3.63, 3.8) is 0 Å². The van der Waals surface area contributed by atoms with Crippen LogP contribution >= 0.6 is 0 Å². The zero-order valence-corrected chi connectivity index (χ0v) is 14.6. The Labute approximate surface area is 152 Å². The van der Waals surface area contributed by atoms with Gasteiger partial charge in [-0.2, -0.15) is 0 Å². The molecule has 26 heavy (non-hydrogen) atoms. The molecule has 0 aromatic heterocycles. The molecule has 0 aliphatic heterocycles. The third-order valence-electron chi connectivity index (χ3n) is 4.15. The number of benzene rings is 3. The Hall–Kier alpha value is -3.40. The van der Waals surface area contributed by atoms with E-state index in [0.29, 0.717) is 5.56 Å². The predicted octanol–water partition coefficient (Wildman–Crippen LogP) is 4.59. The first-order valence-corrected chi connectivity index (χ1v) is 8.12. The summed E-state index contributed by atoms with van der Waals surface area (Å²) in [7, 11) is 2.59. The lowest BCUT2D eigenvalue weighted by molar-refractivity contribution is 0.0556. The fourth-order valence-corrected chi connectivity index (χ4v) is 2.96. The van der Waals surface area contributed by atoms with Crippen molar-refractivity contribution in [1.29, 1.82) is 0 Å². The monoisotopic (exact) mass is 346 g/mol. The quantitative estimate of drug-likeness (QED) is 0.648. The second kappa shape index (κ2) is 7.66. The Morgan fingerprint density at radius 1 is 0.654 bits per heavy atom. The van der Waals surface area contributed by atoms with E-state index in [4.69, 9.17) is 9.47 Å². The van der Waals surface area contributed by atoms with Crippen molar-refractivity contribution in [2.24, 2.45) is 0 Å². The van der Waals surface area contributed by atoms with Gasteiger partial charge in [-0.3, -0.25) is 0 Å². The minimum absolute atomic E-state index is 0.179. The van der Waals surface area contributed by atoms with Crippen LogP contribution in [0.25, 0.3) is 22.3 Å². The van der Waals surface area contributed by atoms with Crippen molar-refractivity contribution in [3.05, 3.63) is 83.9 Å². The van der Waals surface area contributed by atoms with Gasteiger partial charge in [0.25, 0.3) is 0 Å². The van der Waals surface area contributed by atoms with E-state index < -0.39 is 11.9 Å². The maximum absolute atomic E-state index is 12.6. The lowest BCUT2D eigenvalue weighted by atomic mass is 9.87. The molecule has 130 valence electrons. The average Bonchev–Trinajstić information content (AvgIpc) is 2.72. The summed E-state index contributed by atoms with van der Waals surface area (Å²) in [5.41, 5.74) is 3.62. The molecule has 0 bridgehead atoms. The molecule has 3 rings (SSSR count). The molecule has 0 saturated carbocycles. The molecule has 0 spiro atoms. The molecule has 0 aliphatic rings. The highest BCUT2D eigenvalue weighted by molar-refractivity contribution is 6.10. The highest BCUT2D eigenvalue weighted by Gasteiger charge is 2.26. The fourth-order valence-electron chi connectivity index (χ4n) is 2.96. The molecule has 0 N–H and O–H groups in total. The molecule has 3 aromatic rings. The second-order valence-electron chi connectivity index (χ2n) is 5.63. The Morgan fingerprint density at radius 3 is 1.73 bits per heavy atom. The van der Waals surface area contributed by atoms with Crippen LogP contribution in [0.1, 0.15) is 20.7 Å². The standard InChI is InChI=1S/C22H18O4/c1-25-21(23)18-14-13-17(15-9-5-3-6-10-15)19(20(18)22(24)26-2)16-11-7-4-8-12-16/h3-14H,1-2H3. The summed E-state index contributed by atoms with van der Waals surface area (Å²) in [6.07, 6.45) is 0. The van der Waals surface area contributed by atoms with Gasteiger partial charge in [0.2, 0.25) is 0 Å². The fraction of sp³-hybridized carbons (Fsp3) is 0.0909. The molecule has 4 heteroatoms. The van der Waals surface area contributed by atoms with Crippen LogP contribution in [0.4, 0.5) is 0 Å². The van der Waals surface area contributed by atoms with Gasteiger partial charge < -0.3 is 9.47 Å². The van der Waals surface area contributed by atoms with Gasteiger partial charge in [0.1, 0.15) is 0 Å². The largest absolute Gasteiger partial charge is 0.465 e. The van der Waals surface area contributed by atoms with Gasteiger partial charge >= 0.3 is 11.9 Å². The number of hydrogen-bond donors (Lipinski definition) is 0. The van der Waals surface area contributed by atoms with Gasteiger partial charge in [0.05, 0.1) is 25.3 Å². The van der Waals surface area contributed by atoms with Crippen LogP contribution in [0.5, 0.6) is 0 Å². The third kappa shape index (κ3) is 3.22. The van der Waals surface area contributed by atoms with Crippen molar-refractivity contribution in [2.75, 3.05) is 14.2 Å². The topological polar surface area (TPSA) is 52.6 Å². The van der Waals surface area contributed by atoms with E-state index in [1.165, 1.54) is 14.2 Å². The molecule has 0 atom stereocenters. The first kappa shape index (κ1) is 17.4. The van der Waals surface area contributed by atoms with Gasteiger partial charge in [-0.1, -0.05) is 66.7 Å². The van der Waals surface area contributed by atoms with Crippen LogP contribution in [-0.4, -0.2) is 26.2 Å². The second-order valence-corrected chi connectivity index (χ2v) is 5.63. The number of carbonyl (C=O) groups is 2. The maximum Gasteiger partial charge on any atom is 0.339 e. The maximum atomic E-state index is 12.6. The van der Waals surface area contributed by atoms with Gasteiger partial charge in [0.15, 0.2) is 0 Å². The van der Waals surface area contributed by atoms with Gasteiger partial charge in [-0.25, -0.2) is 9.59 Å². The van der Waals surface area contributed by atoms with Crippen LogP contribution in [0.3, 0.4) is 0 Å². The zero-order valence-electron chi connectivity index (χ0n) is 14.6. The molecule has 4 nitrogen and oxygen atoms in total. The summed E-state index contributed by atoms with van der Waals surface area (Å²) >= 11 is 0. The van der Waals surface area contributed by atoms with Crippen LogP contribution in [0.2, 0.25) is 0 Å². The Bertz CT molecular complexity index is 931. The normalized spacial score (nSPS) is 10.2. The summed E-state index contributed by atoms with van der Waals surface area (Å²) in [6.45, 7) is 0. The average molecular weight is 346 g/mol. The van der Waals surface area contributed by atoms with Gasteiger partial charge in [-0.05, 0) is 22.8 Å². The molecule has 0 unspecified atom stereocenters. The Balaban J connectivity index is 2.40. The lowest BCUT2D eigenvalue weighted by Gasteiger charge is -2.17. The van der Waals surface area contributed by atoms with E-state index in [1.807, 2.05) is 66.7 Å². The molecule has 0 amide bonds. The van der Waals surface area contributed by atoms with E-state index in [0.717, 1.165) is 16.7 Å². The third-order valence-corrected chi connectivity index (χ3v) is 4.15. The molecule has 0 saturated heterocycles. The first-order chi connectivity index (χ1) is 12.7. The van der Waals surface area contributed by atoms with Crippen LogP contribution in [-0.2, 0) is 9.47 Å². The van der Waals surface area contributed by atoms with E-state index in [2.05, 4.69) is 0 Å². The Kier molecular flexibility index (Phi) is 5.13. The van der Waals surface area contributed by atoms with Crippen molar-refractivity contribution >= 4 is 11.9 Å². The Morgan fingerprint density at radius 2 is 1.19 bits per heavy atom. The zero-order chi connectivity index (χ0) is 18.5. The van der Waals surface area contributed by atoms with E-state index in [1.54, 1.807) is 6.07 Å². The summed E-state index contributed by atoms with van der Waals surface area (Å²) in [5, 5.41) is 0. The minimum atomic E-state index is -0.581. The molecular formula is C22H18O4. The molecule has 0 aliphatic carbocycles. The minimum Gasteiger partial charge on any atom is -0.465 e. The van der Waals surface area contributed by atoms with Crippen LogP contribution < -0.4 is 0 Å². The van der Waals surface area contributed by atoms with Crippen molar-refractivity contribution in [2.45, 2.75) is 0 Å². The number of ether oxygens (including phenoxy) is 2. The predicted molar refractivity (Wildman–Crippen MR) is 100.0 cm³/mol. The smallest absolute Gasteiger partial charge is 0.339 e. The molecule has 3 aromatic carbocycles. The van der Waals surface area contributed by atoms with E-state index in [9.17, 15) is 9.59 Å². The number of methoxy groups -OCH3 is 2. The van der Waals surface area contributed by atoms with E-state index >= 15 is 0 Å². The summed E-state index contributed by atoms with van der Waals surface area (Å²) in [5.74, 6) is -1.16. The molecule has 0 radical (unpaired) electrons. The van der Waals surface area contributed by atoms with Crippen LogP contribution in [0.15, 0.2) is 72.8 Å². The highest BCUT2D eigenvalue weighted by Crippen LogP contribution is 2.37. The SMILES string of the molecule is COC(=O)c1ccc(-c2ccccc2)c(-c2ccccc2)c1C(=O)OC. The first-order valence-electron chi connectivity index (χ1n) is 8.12. The number of hydrogen-bond acceptors (Lipinski definition) is 4. The number of rotatable bonds is 4. The number of esters is 2. The summed E-state index contributed by atoms with van der Waals surface area (Å²) < 4.78 is 9.84.